The average Bonchev–Trinajstić information content (AvgIpc) is 2.70. The van der Waals surface area contributed by atoms with Crippen molar-refractivity contribution < 1.29 is 14.0 Å². The predicted molar refractivity (Wildman–Crippen MR) is 118 cm³/mol. The fraction of sp³-hybridized carbons (Fsp3) is 0.440. The van der Waals surface area contributed by atoms with Gasteiger partial charge in [0.2, 0.25) is 11.8 Å². The summed E-state index contributed by atoms with van der Waals surface area (Å²) in [4.78, 5) is 27.4. The fourth-order valence-electron chi connectivity index (χ4n) is 3.18. The zero-order valence-corrected chi connectivity index (χ0v) is 18.7. The van der Waals surface area contributed by atoms with E-state index in [1.807, 2.05) is 32.9 Å². The Labute approximate surface area is 179 Å². The van der Waals surface area contributed by atoms with Crippen LogP contribution in [0.25, 0.3) is 0 Å². The number of carbonyl (C=O) groups excluding carboxylic acids is 2. The summed E-state index contributed by atoms with van der Waals surface area (Å²) in [5.74, 6) is -0.633. The van der Waals surface area contributed by atoms with Crippen molar-refractivity contribution in [3.63, 3.8) is 0 Å². The Kier molecular flexibility index (Phi) is 8.16. The topological polar surface area (TPSA) is 49.4 Å². The van der Waals surface area contributed by atoms with Gasteiger partial charge in [-0.25, -0.2) is 4.39 Å². The van der Waals surface area contributed by atoms with Gasteiger partial charge in [-0.3, -0.25) is 9.59 Å². The molecule has 30 heavy (non-hydrogen) atoms. The minimum Gasteiger partial charge on any atom is -0.350 e. The summed E-state index contributed by atoms with van der Waals surface area (Å²) in [7, 11) is 0. The Bertz CT molecular complexity index is 839. The molecule has 0 saturated carbocycles. The van der Waals surface area contributed by atoms with Gasteiger partial charge in [0, 0.05) is 18.5 Å². The van der Waals surface area contributed by atoms with E-state index in [9.17, 15) is 14.0 Å². The van der Waals surface area contributed by atoms with Crippen LogP contribution in [0.4, 0.5) is 4.39 Å². The number of halogens is 1. The van der Waals surface area contributed by atoms with Gasteiger partial charge < -0.3 is 10.2 Å². The Morgan fingerprint density at radius 3 is 2.03 bits per heavy atom. The molecule has 1 N–H and O–H groups in total. The van der Waals surface area contributed by atoms with Gasteiger partial charge in [-0.15, -0.1) is 0 Å². The van der Waals surface area contributed by atoms with Crippen molar-refractivity contribution in [2.75, 3.05) is 0 Å². The van der Waals surface area contributed by atoms with Crippen molar-refractivity contribution in [2.24, 2.45) is 0 Å². The zero-order chi connectivity index (χ0) is 22.3. The molecule has 2 amide bonds. The molecule has 0 aliphatic carbocycles. The van der Waals surface area contributed by atoms with Crippen molar-refractivity contribution in [2.45, 2.75) is 72.0 Å². The van der Waals surface area contributed by atoms with Gasteiger partial charge in [-0.1, -0.05) is 43.3 Å². The van der Waals surface area contributed by atoms with E-state index in [0.717, 1.165) is 17.5 Å². The molecule has 0 radical (unpaired) electrons. The summed E-state index contributed by atoms with van der Waals surface area (Å²) in [6.07, 6.45) is 1.89. The van der Waals surface area contributed by atoms with Crippen LogP contribution in [0.5, 0.6) is 0 Å². The number of rotatable bonds is 8. The first-order valence-corrected chi connectivity index (χ1v) is 10.5. The molecule has 5 heteroatoms. The van der Waals surface area contributed by atoms with E-state index in [1.54, 1.807) is 24.0 Å². The molecule has 2 aromatic rings. The molecule has 4 nitrogen and oxygen atoms in total. The summed E-state index contributed by atoms with van der Waals surface area (Å²) >= 11 is 0. The van der Waals surface area contributed by atoms with Crippen molar-refractivity contribution >= 4 is 11.8 Å². The summed E-state index contributed by atoms with van der Waals surface area (Å²) in [6, 6.07) is 13.6. The normalized spacial score (nSPS) is 12.3. The summed E-state index contributed by atoms with van der Waals surface area (Å²) < 4.78 is 13.3. The number of hydrogen-bond donors (Lipinski definition) is 1. The van der Waals surface area contributed by atoms with Crippen LogP contribution in [0, 0.1) is 5.82 Å². The van der Waals surface area contributed by atoms with E-state index in [4.69, 9.17) is 0 Å². The smallest absolute Gasteiger partial charge is 0.242 e. The van der Waals surface area contributed by atoms with E-state index in [1.165, 1.54) is 17.7 Å². The number of benzene rings is 2. The molecule has 0 aliphatic rings. The maximum absolute atomic E-state index is 13.3. The first-order chi connectivity index (χ1) is 14.1. The highest BCUT2D eigenvalue weighted by Crippen LogP contribution is 2.15. The van der Waals surface area contributed by atoms with Crippen LogP contribution in [-0.2, 0) is 29.0 Å². The zero-order valence-electron chi connectivity index (χ0n) is 18.7. The lowest BCUT2D eigenvalue weighted by molar-refractivity contribution is -0.141. The van der Waals surface area contributed by atoms with Gasteiger partial charge in [-0.2, -0.15) is 0 Å². The SMILES string of the molecule is CCc1ccc(CCC(=O)N(Cc2ccc(F)cc2)[C@@H](C)C(=O)NC(C)(C)C)cc1. The maximum Gasteiger partial charge on any atom is 0.242 e. The highest BCUT2D eigenvalue weighted by Gasteiger charge is 2.28. The number of aryl methyl sites for hydroxylation is 2. The van der Waals surface area contributed by atoms with Crippen LogP contribution < -0.4 is 5.32 Å². The average molecular weight is 413 g/mol. The van der Waals surface area contributed by atoms with Gasteiger partial charge in [0.1, 0.15) is 11.9 Å². The van der Waals surface area contributed by atoms with E-state index in [2.05, 4.69) is 24.4 Å². The lowest BCUT2D eigenvalue weighted by Gasteiger charge is -2.31. The highest BCUT2D eigenvalue weighted by atomic mass is 19.1. The number of nitrogens with zero attached hydrogens (tertiary/aromatic N) is 1. The van der Waals surface area contributed by atoms with Crippen LogP contribution in [0.1, 0.15) is 57.7 Å². The Morgan fingerprint density at radius 1 is 0.967 bits per heavy atom. The van der Waals surface area contributed by atoms with Crippen molar-refractivity contribution in [1.29, 1.82) is 0 Å². The quantitative estimate of drug-likeness (QED) is 0.686. The molecule has 0 bridgehead atoms. The molecule has 0 fully saturated rings. The summed E-state index contributed by atoms with van der Waals surface area (Å²) in [5, 5.41) is 2.94. The molecule has 2 aromatic carbocycles. The Morgan fingerprint density at radius 2 is 1.50 bits per heavy atom. The fourth-order valence-corrected chi connectivity index (χ4v) is 3.18. The molecular formula is C25H33FN2O2. The first-order valence-electron chi connectivity index (χ1n) is 10.5. The number of hydrogen-bond acceptors (Lipinski definition) is 2. The molecule has 0 heterocycles. The molecule has 0 spiro atoms. The molecule has 0 aliphatic heterocycles. The molecule has 0 unspecified atom stereocenters. The van der Waals surface area contributed by atoms with Gasteiger partial charge in [0.25, 0.3) is 0 Å². The molecule has 0 aromatic heterocycles. The van der Waals surface area contributed by atoms with Gasteiger partial charge in [0.05, 0.1) is 0 Å². The third kappa shape index (κ3) is 7.29. The Balaban J connectivity index is 2.14. The monoisotopic (exact) mass is 412 g/mol. The van der Waals surface area contributed by atoms with Crippen molar-refractivity contribution in [1.82, 2.24) is 10.2 Å². The van der Waals surface area contributed by atoms with Gasteiger partial charge in [0.15, 0.2) is 0 Å². The second-order valence-corrected chi connectivity index (χ2v) is 8.73. The second-order valence-electron chi connectivity index (χ2n) is 8.73. The van der Waals surface area contributed by atoms with Crippen molar-refractivity contribution in [3.8, 4) is 0 Å². The number of amides is 2. The standard InChI is InChI=1S/C25H33FN2O2/c1-6-19-7-9-20(10-8-19)13-16-23(29)28(17-21-11-14-22(26)15-12-21)18(2)24(30)27-25(3,4)5/h7-12,14-15,18H,6,13,16-17H2,1-5H3,(H,27,30)/t18-/m0/s1. The highest BCUT2D eigenvalue weighted by molar-refractivity contribution is 5.87. The van der Waals surface area contributed by atoms with Gasteiger partial charge in [-0.05, 0) is 69.4 Å². The van der Waals surface area contributed by atoms with Gasteiger partial charge >= 0.3 is 0 Å². The first kappa shape index (κ1) is 23.6. The van der Waals surface area contributed by atoms with E-state index in [-0.39, 0.29) is 24.2 Å². The van der Waals surface area contributed by atoms with Crippen LogP contribution >= 0.6 is 0 Å². The summed E-state index contributed by atoms with van der Waals surface area (Å²) in [6.45, 7) is 9.82. The van der Waals surface area contributed by atoms with Crippen molar-refractivity contribution in [3.05, 3.63) is 71.0 Å². The minimum atomic E-state index is -0.635. The molecule has 0 saturated heterocycles. The van der Waals surface area contributed by atoms with Crippen LogP contribution in [0.2, 0.25) is 0 Å². The third-order valence-corrected chi connectivity index (χ3v) is 4.99. The minimum absolute atomic E-state index is 0.101. The van der Waals surface area contributed by atoms with Crippen LogP contribution in [0.3, 0.4) is 0 Å². The maximum atomic E-state index is 13.3. The number of nitrogens with one attached hydrogen (secondary N) is 1. The number of carbonyl (C=O) groups is 2. The lowest BCUT2D eigenvalue weighted by atomic mass is 10.0. The second kappa shape index (κ2) is 10.4. The summed E-state index contributed by atoms with van der Waals surface area (Å²) in [5.41, 5.74) is 2.74. The van der Waals surface area contributed by atoms with E-state index >= 15 is 0 Å². The third-order valence-electron chi connectivity index (χ3n) is 4.99. The molecule has 162 valence electrons. The van der Waals surface area contributed by atoms with E-state index < -0.39 is 11.6 Å². The Hall–Kier alpha value is -2.69. The molecule has 1 atom stereocenters. The molecular weight excluding hydrogens is 379 g/mol. The lowest BCUT2D eigenvalue weighted by Crippen LogP contribution is -2.52. The van der Waals surface area contributed by atoms with Crippen LogP contribution in [0.15, 0.2) is 48.5 Å². The molecule has 2 rings (SSSR count). The largest absolute Gasteiger partial charge is 0.350 e. The van der Waals surface area contributed by atoms with Crippen LogP contribution in [-0.4, -0.2) is 28.3 Å². The predicted octanol–water partition coefficient (Wildman–Crippen LogP) is 4.65. The van der Waals surface area contributed by atoms with E-state index in [0.29, 0.717) is 12.8 Å².